The van der Waals surface area contributed by atoms with Crippen LogP contribution in [0.4, 0.5) is 11.6 Å². The molecule has 4 nitrogen and oxygen atoms in total. The van der Waals surface area contributed by atoms with Gasteiger partial charge < -0.3 is 11.1 Å². The third-order valence-electron chi connectivity index (χ3n) is 3.29. The van der Waals surface area contributed by atoms with Crippen LogP contribution in [-0.2, 0) is 6.42 Å². The van der Waals surface area contributed by atoms with Crippen molar-refractivity contribution >= 4 is 23.2 Å². The van der Waals surface area contributed by atoms with E-state index < -0.39 is 0 Å². The fourth-order valence-corrected chi connectivity index (χ4v) is 2.44. The highest BCUT2D eigenvalue weighted by Gasteiger charge is 2.25. The maximum absolute atomic E-state index is 6.03. The molecule has 0 radical (unpaired) electrons. The van der Waals surface area contributed by atoms with Gasteiger partial charge in [0.15, 0.2) is 0 Å². The third-order valence-corrected chi connectivity index (χ3v) is 3.67. The van der Waals surface area contributed by atoms with Gasteiger partial charge in [-0.15, -0.1) is 0 Å². The van der Waals surface area contributed by atoms with Gasteiger partial charge in [-0.1, -0.05) is 35.9 Å². The lowest BCUT2D eigenvalue weighted by atomic mass is 9.77. The van der Waals surface area contributed by atoms with Crippen LogP contribution in [0.5, 0.6) is 0 Å². The van der Waals surface area contributed by atoms with Crippen molar-refractivity contribution in [1.29, 1.82) is 0 Å². The molecule has 1 atom stereocenters. The van der Waals surface area contributed by atoms with Crippen LogP contribution >= 0.6 is 11.6 Å². The topological polar surface area (TPSA) is 63.8 Å². The van der Waals surface area contributed by atoms with Crippen molar-refractivity contribution in [2.45, 2.75) is 12.3 Å². The van der Waals surface area contributed by atoms with Crippen LogP contribution in [0.15, 0.2) is 30.6 Å². The molecule has 1 heterocycles. The molecule has 1 aromatic heterocycles. The Morgan fingerprint density at radius 3 is 3.00 bits per heavy atom. The van der Waals surface area contributed by atoms with Crippen LogP contribution in [0.2, 0.25) is 5.02 Å². The fraction of sp³-hybridized carbons (Fsp3) is 0.231. The second kappa shape index (κ2) is 4.46. The highest BCUT2D eigenvalue weighted by molar-refractivity contribution is 6.35. The van der Waals surface area contributed by atoms with Gasteiger partial charge in [-0.2, -0.15) is 0 Å². The molecule has 0 bridgehead atoms. The van der Waals surface area contributed by atoms with Crippen molar-refractivity contribution in [2.75, 3.05) is 17.6 Å². The average molecular weight is 261 g/mol. The largest absolute Gasteiger partial charge is 0.382 e. The molecule has 1 aromatic carbocycles. The van der Waals surface area contributed by atoms with E-state index in [0.717, 1.165) is 13.0 Å². The van der Waals surface area contributed by atoms with E-state index in [1.165, 1.54) is 17.5 Å². The lowest BCUT2D eigenvalue weighted by Crippen LogP contribution is -2.24. The average Bonchev–Trinajstić information content (AvgIpc) is 2.35. The molecule has 0 saturated heterocycles. The molecular formula is C13H13ClN4. The quantitative estimate of drug-likeness (QED) is 0.890. The van der Waals surface area contributed by atoms with Crippen LogP contribution in [0.3, 0.4) is 0 Å². The summed E-state index contributed by atoms with van der Waals surface area (Å²) >= 11 is 6.03. The van der Waals surface area contributed by atoms with E-state index in [2.05, 4.69) is 39.6 Å². The summed E-state index contributed by atoms with van der Waals surface area (Å²) < 4.78 is 0. The number of nitrogens with one attached hydrogen (secondary N) is 1. The first kappa shape index (κ1) is 11.3. The first-order valence-electron chi connectivity index (χ1n) is 5.83. The zero-order valence-corrected chi connectivity index (χ0v) is 10.5. The third kappa shape index (κ3) is 1.88. The Balaban J connectivity index is 1.69. The molecule has 0 saturated carbocycles. The first-order valence-corrected chi connectivity index (χ1v) is 6.21. The highest BCUT2D eigenvalue weighted by Crippen LogP contribution is 2.35. The van der Waals surface area contributed by atoms with Crippen LogP contribution < -0.4 is 11.1 Å². The van der Waals surface area contributed by atoms with Gasteiger partial charge in [-0.05, 0) is 17.5 Å². The standard InChI is InChI=1S/C13H13ClN4/c14-11-12(15)17-7-18-13(11)16-6-9-5-8-3-1-2-4-10(8)9/h1-4,7,9H,5-6H2,(H3,15,16,17,18). The van der Waals surface area contributed by atoms with Gasteiger partial charge in [0.1, 0.15) is 23.0 Å². The number of anilines is 2. The van der Waals surface area contributed by atoms with Gasteiger partial charge in [-0.25, -0.2) is 9.97 Å². The zero-order valence-electron chi connectivity index (χ0n) is 9.73. The summed E-state index contributed by atoms with van der Waals surface area (Å²) in [6.45, 7) is 0.813. The Bertz CT molecular complexity index is 585. The van der Waals surface area contributed by atoms with Crippen molar-refractivity contribution in [3.8, 4) is 0 Å². The molecule has 1 unspecified atom stereocenters. The zero-order chi connectivity index (χ0) is 12.5. The molecule has 0 spiro atoms. The minimum absolute atomic E-state index is 0.308. The van der Waals surface area contributed by atoms with E-state index in [0.29, 0.717) is 22.6 Å². The molecule has 1 aliphatic carbocycles. The first-order chi connectivity index (χ1) is 8.75. The molecule has 0 aliphatic heterocycles. The van der Waals surface area contributed by atoms with Crippen molar-refractivity contribution < 1.29 is 0 Å². The predicted octanol–water partition coefficient (Wildman–Crippen LogP) is 2.46. The maximum Gasteiger partial charge on any atom is 0.150 e. The van der Waals surface area contributed by atoms with E-state index in [-0.39, 0.29) is 0 Å². The van der Waals surface area contributed by atoms with Crippen molar-refractivity contribution in [3.05, 3.63) is 46.7 Å². The molecule has 3 N–H and O–H groups in total. The minimum atomic E-state index is 0.308. The van der Waals surface area contributed by atoms with Crippen molar-refractivity contribution in [3.63, 3.8) is 0 Å². The number of hydrogen-bond donors (Lipinski definition) is 2. The monoisotopic (exact) mass is 260 g/mol. The smallest absolute Gasteiger partial charge is 0.150 e. The van der Waals surface area contributed by atoms with Gasteiger partial charge in [0.05, 0.1) is 0 Å². The maximum atomic E-state index is 6.03. The predicted molar refractivity (Wildman–Crippen MR) is 72.8 cm³/mol. The summed E-state index contributed by atoms with van der Waals surface area (Å²) in [4.78, 5) is 7.92. The molecular weight excluding hydrogens is 248 g/mol. The van der Waals surface area contributed by atoms with Crippen molar-refractivity contribution in [1.82, 2.24) is 9.97 Å². The van der Waals surface area contributed by atoms with E-state index in [4.69, 9.17) is 17.3 Å². The summed E-state index contributed by atoms with van der Waals surface area (Å²) in [5.74, 6) is 1.44. The van der Waals surface area contributed by atoms with Gasteiger partial charge >= 0.3 is 0 Å². The van der Waals surface area contributed by atoms with Gasteiger partial charge in [0.2, 0.25) is 0 Å². The number of fused-ring (bicyclic) bond motifs is 1. The van der Waals surface area contributed by atoms with E-state index in [1.54, 1.807) is 0 Å². The number of halogens is 1. The molecule has 92 valence electrons. The summed E-state index contributed by atoms with van der Waals surface area (Å²) in [5.41, 5.74) is 8.46. The Morgan fingerprint density at radius 2 is 2.17 bits per heavy atom. The Hall–Kier alpha value is -1.81. The number of nitrogens with zero attached hydrogens (tertiary/aromatic N) is 2. The summed E-state index contributed by atoms with van der Waals surface area (Å²) in [7, 11) is 0. The molecule has 0 fully saturated rings. The molecule has 5 heteroatoms. The molecule has 0 amide bonds. The van der Waals surface area contributed by atoms with Crippen LogP contribution in [0, 0.1) is 0 Å². The minimum Gasteiger partial charge on any atom is -0.382 e. The number of nitrogens with two attached hydrogens (primary N) is 1. The second-order valence-electron chi connectivity index (χ2n) is 4.40. The van der Waals surface area contributed by atoms with Gasteiger partial charge in [0.25, 0.3) is 0 Å². The molecule has 18 heavy (non-hydrogen) atoms. The van der Waals surface area contributed by atoms with E-state index >= 15 is 0 Å². The van der Waals surface area contributed by atoms with E-state index in [9.17, 15) is 0 Å². The van der Waals surface area contributed by atoms with Crippen LogP contribution in [0.1, 0.15) is 17.0 Å². The Kier molecular flexibility index (Phi) is 2.80. The summed E-state index contributed by atoms with van der Waals surface area (Å²) in [5, 5.41) is 3.63. The normalized spacial score (nSPS) is 16.8. The highest BCUT2D eigenvalue weighted by atomic mass is 35.5. The van der Waals surface area contributed by atoms with Gasteiger partial charge in [-0.3, -0.25) is 0 Å². The number of benzene rings is 1. The summed E-state index contributed by atoms with van der Waals surface area (Å²) in [6.07, 6.45) is 2.51. The lowest BCUT2D eigenvalue weighted by Gasteiger charge is -2.30. The van der Waals surface area contributed by atoms with Crippen molar-refractivity contribution in [2.24, 2.45) is 0 Å². The fourth-order valence-electron chi connectivity index (χ4n) is 2.27. The van der Waals surface area contributed by atoms with Crippen LogP contribution in [0.25, 0.3) is 0 Å². The Morgan fingerprint density at radius 1 is 1.33 bits per heavy atom. The summed E-state index contributed by atoms with van der Waals surface area (Å²) in [6, 6.07) is 8.48. The molecule has 1 aliphatic rings. The lowest BCUT2D eigenvalue weighted by molar-refractivity contribution is 0.634. The number of hydrogen-bond acceptors (Lipinski definition) is 4. The second-order valence-corrected chi connectivity index (χ2v) is 4.78. The van der Waals surface area contributed by atoms with E-state index in [1.807, 2.05) is 0 Å². The SMILES string of the molecule is Nc1ncnc(NCC2Cc3ccccc32)c1Cl. The number of rotatable bonds is 3. The van der Waals surface area contributed by atoms with Gasteiger partial charge in [0, 0.05) is 12.5 Å². The molecule has 2 aromatic rings. The molecule has 3 rings (SSSR count). The number of nitrogen functional groups attached to an aromatic ring is 1. The van der Waals surface area contributed by atoms with Crippen LogP contribution in [-0.4, -0.2) is 16.5 Å². The Labute approximate surface area is 110 Å². The number of aromatic nitrogens is 2.